The van der Waals surface area contributed by atoms with Crippen molar-refractivity contribution in [2.24, 2.45) is 4.99 Å². The van der Waals surface area contributed by atoms with Gasteiger partial charge in [0.15, 0.2) is 0 Å². The van der Waals surface area contributed by atoms with Crippen LogP contribution in [0.25, 0.3) is 11.1 Å². The van der Waals surface area contributed by atoms with Crippen molar-refractivity contribution in [3.05, 3.63) is 118 Å². The lowest BCUT2D eigenvalue weighted by Crippen LogP contribution is -2.36. The molecule has 0 bridgehead atoms. The zero-order valence-corrected chi connectivity index (χ0v) is 20.5. The fourth-order valence-electron chi connectivity index (χ4n) is 4.44. The summed E-state index contributed by atoms with van der Waals surface area (Å²) in [6.07, 6.45) is 0.412. The number of halogens is 2. The number of nitrogens with zero attached hydrogens (tertiary/aromatic N) is 2. The normalized spacial score (nSPS) is 15.4. The maximum atomic E-state index is 13.7. The van der Waals surface area contributed by atoms with Crippen molar-refractivity contribution in [1.82, 2.24) is 0 Å². The number of likely N-dealkylation sites (N-methyl/N-ethyl adjacent to an activating group) is 1. The third-order valence-corrected chi connectivity index (χ3v) is 6.65. The Morgan fingerprint density at radius 2 is 1.57 bits per heavy atom. The summed E-state index contributed by atoms with van der Waals surface area (Å²) in [5.74, 6) is 0.0535. The molecule has 1 aliphatic rings. The number of benzodiazepines with no additional fused rings is 1. The molecule has 0 fully saturated rings. The van der Waals surface area contributed by atoms with Crippen LogP contribution in [0.4, 0.5) is 5.69 Å². The van der Waals surface area contributed by atoms with Crippen LogP contribution in [-0.2, 0) is 11.2 Å². The summed E-state index contributed by atoms with van der Waals surface area (Å²) in [5, 5.41) is 11.0. The van der Waals surface area contributed by atoms with Crippen LogP contribution >= 0.6 is 23.2 Å². The molecule has 35 heavy (non-hydrogen) atoms. The molecule has 1 unspecified atom stereocenters. The number of aromatic hydroxyl groups is 1. The van der Waals surface area contributed by atoms with Crippen molar-refractivity contribution in [2.75, 3.05) is 11.9 Å². The minimum atomic E-state index is -0.657. The number of carbonyl (C=O) groups excluding carboxylic acids is 1. The first-order chi connectivity index (χ1) is 16.9. The number of rotatable bonds is 4. The first kappa shape index (κ1) is 23.2. The van der Waals surface area contributed by atoms with Gasteiger partial charge in [-0.25, -0.2) is 0 Å². The molecule has 4 aromatic carbocycles. The van der Waals surface area contributed by atoms with Crippen molar-refractivity contribution in [1.29, 1.82) is 0 Å². The second kappa shape index (κ2) is 9.57. The van der Waals surface area contributed by atoms with E-state index < -0.39 is 6.04 Å². The Labute approximate surface area is 214 Å². The van der Waals surface area contributed by atoms with E-state index in [0.717, 1.165) is 33.5 Å². The van der Waals surface area contributed by atoms with E-state index in [-0.39, 0.29) is 11.7 Å². The van der Waals surface area contributed by atoms with Gasteiger partial charge in [-0.15, -0.1) is 0 Å². The smallest absolute Gasteiger partial charge is 0.251 e. The molecule has 1 heterocycles. The molecule has 5 rings (SSSR count). The molecule has 1 aliphatic heterocycles. The molecular weight excluding hydrogens is 479 g/mol. The van der Waals surface area contributed by atoms with E-state index in [1.807, 2.05) is 60.7 Å². The number of hydrogen-bond donors (Lipinski definition) is 1. The molecule has 0 saturated heterocycles. The Bertz CT molecular complexity index is 1450. The number of aliphatic imine (C=N–C) groups is 1. The Morgan fingerprint density at radius 3 is 2.34 bits per heavy atom. The Kier molecular flexibility index (Phi) is 6.33. The fraction of sp³-hybridized carbons (Fsp3) is 0.103. The molecule has 1 atom stereocenters. The van der Waals surface area contributed by atoms with Crippen LogP contribution in [-0.4, -0.2) is 29.8 Å². The van der Waals surface area contributed by atoms with Crippen LogP contribution in [0.2, 0.25) is 10.0 Å². The summed E-state index contributed by atoms with van der Waals surface area (Å²) in [6, 6.07) is 27.3. The van der Waals surface area contributed by atoms with E-state index in [9.17, 15) is 9.90 Å². The predicted molar refractivity (Wildman–Crippen MR) is 143 cm³/mol. The molecule has 1 amide bonds. The molecule has 1 N–H and O–H groups in total. The highest BCUT2D eigenvalue weighted by molar-refractivity contribution is 6.32. The van der Waals surface area contributed by atoms with Crippen LogP contribution in [0, 0.1) is 0 Å². The lowest BCUT2D eigenvalue weighted by molar-refractivity contribution is -0.119. The molecule has 0 saturated carbocycles. The molecule has 0 aliphatic carbocycles. The molecule has 0 radical (unpaired) electrons. The molecule has 4 nitrogen and oxygen atoms in total. The van der Waals surface area contributed by atoms with Gasteiger partial charge >= 0.3 is 0 Å². The van der Waals surface area contributed by atoms with Crippen LogP contribution in [0.3, 0.4) is 0 Å². The third-order valence-electron chi connectivity index (χ3n) is 6.18. The first-order valence-corrected chi connectivity index (χ1v) is 11.9. The van der Waals surface area contributed by atoms with Gasteiger partial charge in [0.25, 0.3) is 5.91 Å². The molecule has 0 aromatic heterocycles. The average Bonchev–Trinajstić information content (AvgIpc) is 2.95. The van der Waals surface area contributed by atoms with Gasteiger partial charge < -0.3 is 10.0 Å². The van der Waals surface area contributed by atoms with Gasteiger partial charge in [0, 0.05) is 34.6 Å². The minimum absolute atomic E-state index is 0.108. The van der Waals surface area contributed by atoms with Crippen LogP contribution < -0.4 is 4.90 Å². The van der Waals surface area contributed by atoms with Crippen LogP contribution in [0.15, 0.2) is 96.0 Å². The SMILES string of the molecule is CN1C(=O)C(Cc2ccccc2-c2cccc(Cl)c2)N=C(c2ccc(O)cc2)c2cc(Cl)ccc21. The van der Waals surface area contributed by atoms with E-state index in [0.29, 0.717) is 22.2 Å². The summed E-state index contributed by atoms with van der Waals surface area (Å²) >= 11 is 12.6. The highest BCUT2D eigenvalue weighted by Crippen LogP contribution is 2.33. The topological polar surface area (TPSA) is 52.9 Å². The third kappa shape index (κ3) is 4.68. The summed E-state index contributed by atoms with van der Waals surface area (Å²) in [7, 11) is 1.76. The standard InChI is InChI=1S/C29H22Cl2N2O2/c1-33-27-14-11-22(31)17-25(27)28(18-9-12-23(34)13-10-18)32-26(29(33)35)16-20-5-2-3-8-24(20)19-6-4-7-21(30)15-19/h2-15,17,26,34H,16H2,1H3. The Hall–Kier alpha value is -3.60. The van der Waals surface area contributed by atoms with Gasteiger partial charge in [0.2, 0.25) is 0 Å². The van der Waals surface area contributed by atoms with Gasteiger partial charge in [0.1, 0.15) is 11.8 Å². The Balaban J connectivity index is 1.64. The van der Waals surface area contributed by atoms with Gasteiger partial charge in [-0.2, -0.15) is 0 Å². The Morgan fingerprint density at radius 1 is 0.829 bits per heavy atom. The van der Waals surface area contributed by atoms with E-state index in [2.05, 4.69) is 0 Å². The van der Waals surface area contributed by atoms with Gasteiger partial charge in [-0.3, -0.25) is 9.79 Å². The molecule has 174 valence electrons. The number of fused-ring (bicyclic) bond motifs is 1. The van der Waals surface area contributed by atoms with E-state index in [1.165, 1.54) is 0 Å². The maximum Gasteiger partial charge on any atom is 0.251 e. The first-order valence-electron chi connectivity index (χ1n) is 11.2. The highest BCUT2D eigenvalue weighted by Gasteiger charge is 2.31. The fourth-order valence-corrected chi connectivity index (χ4v) is 4.80. The molecule has 0 spiro atoms. The van der Waals surface area contributed by atoms with Crippen molar-refractivity contribution in [3.8, 4) is 16.9 Å². The summed E-state index contributed by atoms with van der Waals surface area (Å²) in [6.45, 7) is 0. The number of amides is 1. The van der Waals surface area contributed by atoms with Crippen LogP contribution in [0.5, 0.6) is 5.75 Å². The van der Waals surface area contributed by atoms with Crippen LogP contribution in [0.1, 0.15) is 16.7 Å². The quantitative estimate of drug-likeness (QED) is 0.335. The summed E-state index contributed by atoms with van der Waals surface area (Å²) in [5.41, 5.74) is 5.95. The lowest BCUT2D eigenvalue weighted by atomic mass is 9.94. The lowest BCUT2D eigenvalue weighted by Gasteiger charge is -2.21. The zero-order valence-electron chi connectivity index (χ0n) is 19.0. The number of benzene rings is 4. The zero-order chi connectivity index (χ0) is 24.5. The number of hydrogen-bond acceptors (Lipinski definition) is 3. The van der Waals surface area contributed by atoms with E-state index in [4.69, 9.17) is 28.2 Å². The predicted octanol–water partition coefficient (Wildman–Crippen LogP) is 6.79. The van der Waals surface area contributed by atoms with Crippen molar-refractivity contribution in [2.45, 2.75) is 12.5 Å². The highest BCUT2D eigenvalue weighted by atomic mass is 35.5. The van der Waals surface area contributed by atoms with Gasteiger partial charge in [-0.05, 0) is 71.3 Å². The van der Waals surface area contributed by atoms with Gasteiger partial charge in [0.05, 0.1) is 11.4 Å². The monoisotopic (exact) mass is 500 g/mol. The molecular formula is C29H22Cl2N2O2. The minimum Gasteiger partial charge on any atom is -0.508 e. The number of anilines is 1. The largest absolute Gasteiger partial charge is 0.508 e. The van der Waals surface area contributed by atoms with Crippen molar-refractivity contribution < 1.29 is 9.90 Å². The number of phenols is 1. The van der Waals surface area contributed by atoms with E-state index in [1.54, 1.807) is 42.3 Å². The van der Waals surface area contributed by atoms with E-state index >= 15 is 0 Å². The maximum absolute atomic E-state index is 13.7. The van der Waals surface area contributed by atoms with Crippen molar-refractivity contribution >= 4 is 40.5 Å². The average molecular weight is 501 g/mol. The molecule has 4 aromatic rings. The number of carbonyl (C=O) groups is 1. The number of phenolic OH excluding ortho intramolecular Hbond substituents is 1. The van der Waals surface area contributed by atoms with Crippen molar-refractivity contribution in [3.63, 3.8) is 0 Å². The van der Waals surface area contributed by atoms with Gasteiger partial charge in [-0.1, -0.05) is 59.6 Å². The summed E-state index contributed by atoms with van der Waals surface area (Å²) in [4.78, 5) is 20.3. The second-order valence-corrected chi connectivity index (χ2v) is 9.34. The summed E-state index contributed by atoms with van der Waals surface area (Å²) < 4.78 is 0. The molecule has 6 heteroatoms. The second-order valence-electron chi connectivity index (χ2n) is 8.47.